The lowest BCUT2D eigenvalue weighted by molar-refractivity contribution is -0.121. The first kappa shape index (κ1) is 23.2. The van der Waals surface area contributed by atoms with Crippen LogP contribution in [0, 0.1) is 6.92 Å². The van der Waals surface area contributed by atoms with E-state index in [9.17, 15) is 13.2 Å². The number of carbonyl (C=O) groups excluding carboxylic acids is 1. The van der Waals surface area contributed by atoms with Gasteiger partial charge in [-0.1, -0.05) is 6.07 Å². The van der Waals surface area contributed by atoms with Crippen molar-refractivity contribution >= 4 is 22.1 Å². The first-order valence-electron chi connectivity index (χ1n) is 8.87. The molecule has 1 amide bonds. The predicted molar refractivity (Wildman–Crippen MR) is 113 cm³/mol. The number of nitrogens with one attached hydrogen (secondary N) is 1. The highest BCUT2D eigenvalue weighted by Gasteiger charge is 2.26. The topological polar surface area (TPSA) is 107 Å². The normalized spacial score (nSPS) is 11.5. The zero-order valence-electron chi connectivity index (χ0n) is 17.5. The number of rotatable bonds is 9. The summed E-state index contributed by atoms with van der Waals surface area (Å²) in [6.07, 6.45) is 1.41. The number of hydrogen-bond donors (Lipinski definition) is 1. The Morgan fingerprint density at radius 2 is 1.67 bits per heavy atom. The molecule has 0 fully saturated rings. The molecule has 0 radical (unpaired) electrons. The van der Waals surface area contributed by atoms with Crippen LogP contribution >= 0.6 is 0 Å². The first-order valence-corrected chi connectivity index (χ1v) is 10.3. The molecule has 0 saturated heterocycles. The molecule has 0 atom stereocenters. The molecule has 0 aromatic heterocycles. The van der Waals surface area contributed by atoms with E-state index in [0.717, 1.165) is 9.87 Å². The molecular formula is C20H25N3O6S. The molecule has 2 aromatic carbocycles. The molecule has 0 aliphatic rings. The highest BCUT2D eigenvalue weighted by molar-refractivity contribution is 7.89. The first-order chi connectivity index (χ1) is 14.2. The molecule has 0 spiro atoms. The van der Waals surface area contributed by atoms with E-state index in [2.05, 4.69) is 10.5 Å². The van der Waals surface area contributed by atoms with E-state index in [4.69, 9.17) is 14.2 Å². The maximum atomic E-state index is 12.8. The van der Waals surface area contributed by atoms with Crippen LogP contribution in [0.2, 0.25) is 0 Å². The van der Waals surface area contributed by atoms with Gasteiger partial charge < -0.3 is 14.2 Å². The summed E-state index contributed by atoms with van der Waals surface area (Å²) in [6.45, 7) is 1.36. The SMILES string of the molecule is COc1ccc(/C=N\NC(=O)CN(C)S(=O)(=O)c2cc(C)ccc2OC)cc1OC. The molecule has 9 nitrogen and oxygen atoms in total. The third-order valence-electron chi connectivity index (χ3n) is 4.18. The molecule has 0 saturated carbocycles. The van der Waals surface area contributed by atoms with Crippen molar-refractivity contribution in [3.63, 3.8) is 0 Å². The average Bonchev–Trinajstić information content (AvgIpc) is 2.73. The maximum absolute atomic E-state index is 12.8. The summed E-state index contributed by atoms with van der Waals surface area (Å²) >= 11 is 0. The number of hydrogen-bond acceptors (Lipinski definition) is 7. The molecule has 1 N–H and O–H groups in total. The fraction of sp³-hybridized carbons (Fsp3) is 0.300. The number of hydrazone groups is 1. The predicted octanol–water partition coefficient (Wildman–Crippen LogP) is 1.79. The summed E-state index contributed by atoms with van der Waals surface area (Å²) < 4.78 is 42.1. The molecule has 10 heteroatoms. The van der Waals surface area contributed by atoms with Gasteiger partial charge in [-0.15, -0.1) is 0 Å². The zero-order valence-corrected chi connectivity index (χ0v) is 18.3. The van der Waals surface area contributed by atoms with Crippen LogP contribution in [-0.4, -0.2) is 59.8 Å². The van der Waals surface area contributed by atoms with Gasteiger partial charge in [-0.25, -0.2) is 13.8 Å². The molecule has 0 unspecified atom stereocenters. The summed E-state index contributed by atoms with van der Waals surface area (Å²) in [6, 6.07) is 9.94. The third kappa shape index (κ3) is 5.49. The number of benzene rings is 2. The third-order valence-corrected chi connectivity index (χ3v) is 6.01. The van der Waals surface area contributed by atoms with Crippen molar-refractivity contribution in [1.29, 1.82) is 0 Å². The molecule has 0 aliphatic carbocycles. The number of methoxy groups -OCH3 is 3. The van der Waals surface area contributed by atoms with Gasteiger partial charge in [0.2, 0.25) is 10.0 Å². The minimum atomic E-state index is -3.93. The van der Waals surface area contributed by atoms with E-state index >= 15 is 0 Å². The summed E-state index contributed by atoms with van der Waals surface area (Å²) in [5.74, 6) is 0.701. The van der Waals surface area contributed by atoms with Crippen LogP contribution in [0.25, 0.3) is 0 Å². The monoisotopic (exact) mass is 435 g/mol. The highest BCUT2D eigenvalue weighted by Crippen LogP contribution is 2.27. The Hall–Kier alpha value is -3.11. The lowest BCUT2D eigenvalue weighted by atomic mass is 10.2. The number of amides is 1. The molecular weight excluding hydrogens is 410 g/mol. The van der Waals surface area contributed by atoms with Crippen molar-refractivity contribution in [3.8, 4) is 17.2 Å². The summed E-state index contributed by atoms with van der Waals surface area (Å²) in [5.41, 5.74) is 3.73. The van der Waals surface area contributed by atoms with E-state index < -0.39 is 22.5 Å². The number of carbonyl (C=O) groups is 1. The van der Waals surface area contributed by atoms with Crippen molar-refractivity contribution in [3.05, 3.63) is 47.5 Å². The van der Waals surface area contributed by atoms with Gasteiger partial charge in [0.1, 0.15) is 10.6 Å². The van der Waals surface area contributed by atoms with E-state index in [-0.39, 0.29) is 10.6 Å². The van der Waals surface area contributed by atoms with Gasteiger partial charge in [0, 0.05) is 7.05 Å². The van der Waals surface area contributed by atoms with Gasteiger partial charge in [-0.05, 0) is 48.4 Å². The summed E-state index contributed by atoms with van der Waals surface area (Å²) in [7, 11) is 1.82. The molecule has 0 aliphatic heterocycles. The van der Waals surface area contributed by atoms with Crippen LogP contribution < -0.4 is 19.6 Å². The van der Waals surface area contributed by atoms with Crippen LogP contribution in [0.15, 0.2) is 46.4 Å². The maximum Gasteiger partial charge on any atom is 0.255 e. The number of sulfonamides is 1. The summed E-state index contributed by atoms with van der Waals surface area (Å²) in [5, 5.41) is 3.86. The molecule has 2 rings (SSSR count). The highest BCUT2D eigenvalue weighted by atomic mass is 32.2. The van der Waals surface area contributed by atoms with Gasteiger partial charge >= 0.3 is 0 Å². The second-order valence-electron chi connectivity index (χ2n) is 6.32. The van der Waals surface area contributed by atoms with Crippen LogP contribution in [0.1, 0.15) is 11.1 Å². The lowest BCUT2D eigenvalue weighted by Crippen LogP contribution is -2.36. The van der Waals surface area contributed by atoms with E-state index in [1.165, 1.54) is 40.7 Å². The van der Waals surface area contributed by atoms with Gasteiger partial charge in [-0.3, -0.25) is 4.79 Å². The van der Waals surface area contributed by atoms with Crippen LogP contribution in [0.5, 0.6) is 17.2 Å². The van der Waals surface area contributed by atoms with Gasteiger partial charge in [0.25, 0.3) is 5.91 Å². The van der Waals surface area contributed by atoms with Gasteiger partial charge in [-0.2, -0.15) is 9.41 Å². The van der Waals surface area contributed by atoms with Crippen LogP contribution in [-0.2, 0) is 14.8 Å². The molecule has 0 bridgehead atoms. The largest absolute Gasteiger partial charge is 0.495 e. The Morgan fingerprint density at radius 3 is 2.30 bits per heavy atom. The van der Waals surface area contributed by atoms with Crippen molar-refractivity contribution < 1.29 is 27.4 Å². The van der Waals surface area contributed by atoms with Gasteiger partial charge in [0.15, 0.2) is 11.5 Å². The van der Waals surface area contributed by atoms with E-state index in [1.54, 1.807) is 37.3 Å². The minimum absolute atomic E-state index is 0.00544. The second kappa shape index (κ2) is 10.1. The fourth-order valence-corrected chi connectivity index (χ4v) is 3.95. The smallest absolute Gasteiger partial charge is 0.255 e. The average molecular weight is 436 g/mol. The van der Waals surface area contributed by atoms with E-state index in [1.807, 2.05) is 0 Å². The Kier molecular flexibility index (Phi) is 7.79. The van der Waals surface area contributed by atoms with Crippen molar-refractivity contribution in [2.24, 2.45) is 5.10 Å². The number of likely N-dealkylation sites (N-methyl/N-ethyl adjacent to an activating group) is 1. The van der Waals surface area contributed by atoms with Crippen LogP contribution in [0.3, 0.4) is 0 Å². The quantitative estimate of drug-likeness (QED) is 0.475. The number of nitrogens with zero attached hydrogens (tertiary/aromatic N) is 2. The molecule has 30 heavy (non-hydrogen) atoms. The summed E-state index contributed by atoms with van der Waals surface area (Å²) in [4.78, 5) is 12.2. The lowest BCUT2D eigenvalue weighted by Gasteiger charge is -2.18. The molecule has 2 aromatic rings. The fourth-order valence-electron chi connectivity index (χ4n) is 2.59. The number of ether oxygens (including phenoxy) is 3. The standard InChI is InChI=1S/C20H25N3O6S/c1-14-6-8-17(28-4)19(10-14)30(25,26)23(2)13-20(24)22-21-12-15-7-9-16(27-3)18(11-15)29-5/h6-12H,13H2,1-5H3,(H,22,24)/b21-12-. The Morgan fingerprint density at radius 1 is 1.03 bits per heavy atom. The van der Waals surface area contributed by atoms with Crippen LogP contribution in [0.4, 0.5) is 0 Å². The van der Waals surface area contributed by atoms with E-state index in [0.29, 0.717) is 17.1 Å². The molecule has 0 heterocycles. The second-order valence-corrected chi connectivity index (χ2v) is 8.34. The molecule has 162 valence electrons. The van der Waals surface area contributed by atoms with Crippen molar-refractivity contribution in [1.82, 2.24) is 9.73 Å². The Labute approximate surface area is 176 Å². The minimum Gasteiger partial charge on any atom is -0.495 e. The Bertz CT molecular complexity index is 1040. The number of aryl methyl sites for hydroxylation is 1. The van der Waals surface area contributed by atoms with Gasteiger partial charge in [0.05, 0.1) is 34.1 Å². The van der Waals surface area contributed by atoms with Crippen molar-refractivity contribution in [2.45, 2.75) is 11.8 Å². The Balaban J connectivity index is 2.06. The van der Waals surface area contributed by atoms with Crippen molar-refractivity contribution in [2.75, 3.05) is 34.9 Å². The zero-order chi connectivity index (χ0) is 22.3.